The summed E-state index contributed by atoms with van der Waals surface area (Å²) in [5, 5.41) is 21.5. The first kappa shape index (κ1) is 30.6. The number of amides is 3. The van der Waals surface area contributed by atoms with E-state index in [4.69, 9.17) is 4.74 Å². The van der Waals surface area contributed by atoms with E-state index in [0.717, 1.165) is 0 Å². The van der Waals surface area contributed by atoms with Crippen LogP contribution < -0.4 is 26.0 Å². The summed E-state index contributed by atoms with van der Waals surface area (Å²) in [6.45, 7) is 4.37. The minimum absolute atomic E-state index is 0.0330. The maximum absolute atomic E-state index is 14.6. The van der Waals surface area contributed by atoms with Crippen molar-refractivity contribution in [3.63, 3.8) is 0 Å². The van der Waals surface area contributed by atoms with Crippen molar-refractivity contribution in [1.29, 1.82) is 0 Å². The number of carbonyl (C=O) groups is 3. The van der Waals surface area contributed by atoms with Gasteiger partial charge in [-0.05, 0) is 49.2 Å². The topological polar surface area (TPSA) is 147 Å². The summed E-state index contributed by atoms with van der Waals surface area (Å²) in [4.78, 5) is 42.0. The van der Waals surface area contributed by atoms with Gasteiger partial charge < -0.3 is 35.7 Å². The second-order valence-electron chi connectivity index (χ2n) is 10.2. The van der Waals surface area contributed by atoms with Gasteiger partial charge in [-0.25, -0.2) is 9.37 Å². The van der Waals surface area contributed by atoms with E-state index in [1.54, 1.807) is 25.1 Å². The Hall–Kier alpha value is -4.36. The summed E-state index contributed by atoms with van der Waals surface area (Å²) in [6.07, 6.45) is 2.17. The van der Waals surface area contributed by atoms with Crippen LogP contribution in [0.1, 0.15) is 46.3 Å². The molecule has 1 aromatic heterocycles. The molecule has 2 aromatic carbocycles. The zero-order valence-electron chi connectivity index (χ0n) is 23.8. The Morgan fingerprint density at radius 2 is 1.88 bits per heavy atom. The molecule has 0 saturated carbocycles. The largest absolute Gasteiger partial charge is 0.494 e. The fourth-order valence-corrected chi connectivity index (χ4v) is 4.81. The molecule has 1 fully saturated rings. The zero-order chi connectivity index (χ0) is 30.6. The van der Waals surface area contributed by atoms with Crippen LogP contribution in [0.25, 0.3) is 11.3 Å². The standard InChI is InChI=1S/C29H34F2N6O5/c1-5-29(41)13-20(35-15-29)27(39)33-11-10-32-26(38)18-7-6-17(12-16(18)2)36-28(40)25-34-14-21(37(25)3)19-8-9-22(42-4)24(31)23(19)30/h6-9,12,14,20,35,41H,5,10-11,13,15H2,1-4H3,(H,32,38)(H,33,39)(H,36,40)/t20-,29-/m1/s1. The van der Waals surface area contributed by atoms with Crippen LogP contribution in [-0.4, -0.2) is 70.8 Å². The van der Waals surface area contributed by atoms with Crippen molar-refractivity contribution < 1.29 is 33.0 Å². The van der Waals surface area contributed by atoms with E-state index >= 15 is 0 Å². The van der Waals surface area contributed by atoms with Crippen LogP contribution in [0.3, 0.4) is 0 Å². The number of methoxy groups -OCH3 is 1. The molecule has 5 N–H and O–H groups in total. The highest BCUT2D eigenvalue weighted by molar-refractivity contribution is 6.03. The lowest BCUT2D eigenvalue weighted by Crippen LogP contribution is -2.43. The molecule has 224 valence electrons. The average Bonchev–Trinajstić information content (AvgIpc) is 3.55. The van der Waals surface area contributed by atoms with Crippen LogP contribution in [0.5, 0.6) is 5.75 Å². The minimum atomic E-state index is -1.14. The second-order valence-corrected chi connectivity index (χ2v) is 10.2. The van der Waals surface area contributed by atoms with Gasteiger partial charge in [0.15, 0.2) is 17.4 Å². The van der Waals surface area contributed by atoms with Crippen LogP contribution in [0.2, 0.25) is 0 Å². The molecule has 1 aliphatic rings. The molecule has 1 aliphatic heterocycles. The van der Waals surface area contributed by atoms with Gasteiger partial charge in [0.2, 0.25) is 11.7 Å². The molecule has 0 unspecified atom stereocenters. The second kappa shape index (κ2) is 12.7. The number of aliphatic hydroxyl groups is 1. The molecule has 1 saturated heterocycles. The summed E-state index contributed by atoms with van der Waals surface area (Å²) in [6, 6.07) is 6.91. The molecule has 13 heteroatoms. The van der Waals surface area contributed by atoms with Gasteiger partial charge in [0, 0.05) is 49.9 Å². The highest BCUT2D eigenvalue weighted by atomic mass is 19.2. The Labute approximate surface area is 241 Å². The third-order valence-corrected chi connectivity index (χ3v) is 7.41. The highest BCUT2D eigenvalue weighted by Gasteiger charge is 2.38. The number of aromatic nitrogens is 2. The third kappa shape index (κ3) is 6.42. The van der Waals surface area contributed by atoms with Gasteiger partial charge >= 0.3 is 0 Å². The molecule has 0 radical (unpaired) electrons. The van der Waals surface area contributed by atoms with E-state index in [1.165, 1.54) is 37.1 Å². The summed E-state index contributed by atoms with van der Waals surface area (Å²) >= 11 is 0. The van der Waals surface area contributed by atoms with Crippen molar-refractivity contribution in [3.8, 4) is 17.0 Å². The van der Waals surface area contributed by atoms with Gasteiger partial charge in [0.1, 0.15) is 0 Å². The number of hydrogen-bond donors (Lipinski definition) is 5. The highest BCUT2D eigenvalue weighted by Crippen LogP contribution is 2.30. The summed E-state index contributed by atoms with van der Waals surface area (Å²) < 4.78 is 34.9. The van der Waals surface area contributed by atoms with Gasteiger partial charge in [-0.3, -0.25) is 14.4 Å². The van der Waals surface area contributed by atoms with Crippen molar-refractivity contribution in [3.05, 3.63) is 65.1 Å². The number of ether oxygens (including phenoxy) is 1. The van der Waals surface area contributed by atoms with Gasteiger partial charge in [-0.2, -0.15) is 4.39 Å². The monoisotopic (exact) mass is 584 g/mol. The normalized spacial score (nSPS) is 18.0. The van der Waals surface area contributed by atoms with Crippen molar-refractivity contribution in [2.75, 3.05) is 32.1 Å². The van der Waals surface area contributed by atoms with E-state index in [1.807, 2.05) is 6.92 Å². The number of carbonyl (C=O) groups excluding carboxylic acids is 3. The SMILES string of the molecule is CC[C@]1(O)CN[C@@H](C(=O)NCCNC(=O)c2ccc(NC(=O)c3ncc(-c4ccc(OC)c(F)c4F)n3C)cc2C)C1. The van der Waals surface area contributed by atoms with Crippen LogP contribution in [-0.2, 0) is 11.8 Å². The number of anilines is 1. The molecule has 4 rings (SSSR count). The molecular formula is C29H34F2N6O5. The van der Waals surface area contributed by atoms with Crippen molar-refractivity contribution in [2.45, 2.75) is 38.3 Å². The Morgan fingerprint density at radius 3 is 2.55 bits per heavy atom. The smallest absolute Gasteiger partial charge is 0.291 e. The molecule has 0 aliphatic carbocycles. The quantitative estimate of drug-likeness (QED) is 0.230. The predicted octanol–water partition coefficient (Wildman–Crippen LogP) is 2.28. The van der Waals surface area contributed by atoms with Gasteiger partial charge in [-0.15, -0.1) is 0 Å². The number of nitrogens with one attached hydrogen (secondary N) is 4. The van der Waals surface area contributed by atoms with Crippen molar-refractivity contribution in [2.24, 2.45) is 7.05 Å². The first-order valence-electron chi connectivity index (χ1n) is 13.5. The van der Waals surface area contributed by atoms with E-state index in [-0.39, 0.29) is 47.7 Å². The Bertz CT molecular complexity index is 1510. The molecule has 3 aromatic rings. The molecule has 2 atom stereocenters. The number of hydrogen-bond acceptors (Lipinski definition) is 7. The van der Waals surface area contributed by atoms with Crippen LogP contribution in [0.4, 0.5) is 14.5 Å². The first-order valence-corrected chi connectivity index (χ1v) is 13.5. The Morgan fingerprint density at radius 1 is 1.14 bits per heavy atom. The number of aryl methyl sites for hydroxylation is 1. The van der Waals surface area contributed by atoms with E-state index in [2.05, 4.69) is 26.3 Å². The summed E-state index contributed by atoms with van der Waals surface area (Å²) in [5.41, 5.74) is 0.633. The van der Waals surface area contributed by atoms with Gasteiger partial charge in [-0.1, -0.05) is 6.92 Å². The maximum Gasteiger partial charge on any atom is 0.291 e. The predicted molar refractivity (Wildman–Crippen MR) is 151 cm³/mol. The van der Waals surface area contributed by atoms with Crippen LogP contribution in [0, 0.1) is 18.6 Å². The van der Waals surface area contributed by atoms with Gasteiger partial charge in [0.05, 0.1) is 30.6 Å². The van der Waals surface area contributed by atoms with Crippen molar-refractivity contribution >= 4 is 23.4 Å². The number of imidazole rings is 1. The Kier molecular flexibility index (Phi) is 9.22. The number of halogens is 2. The summed E-state index contributed by atoms with van der Waals surface area (Å²) in [7, 11) is 2.74. The lowest BCUT2D eigenvalue weighted by Gasteiger charge is -2.18. The summed E-state index contributed by atoms with van der Waals surface area (Å²) in [5.74, 6) is -3.69. The third-order valence-electron chi connectivity index (χ3n) is 7.41. The average molecular weight is 585 g/mol. The molecule has 42 heavy (non-hydrogen) atoms. The number of benzene rings is 2. The minimum Gasteiger partial charge on any atom is -0.494 e. The zero-order valence-corrected chi connectivity index (χ0v) is 23.8. The molecule has 0 spiro atoms. The number of nitrogens with zero attached hydrogens (tertiary/aromatic N) is 2. The van der Waals surface area contributed by atoms with Gasteiger partial charge in [0.25, 0.3) is 11.8 Å². The maximum atomic E-state index is 14.6. The molecule has 0 bridgehead atoms. The molecule has 11 nitrogen and oxygen atoms in total. The van der Waals surface area contributed by atoms with Crippen molar-refractivity contribution in [1.82, 2.24) is 25.5 Å². The lowest BCUT2D eigenvalue weighted by atomic mass is 9.97. The molecule has 3 amide bonds. The van der Waals surface area contributed by atoms with Crippen LogP contribution in [0.15, 0.2) is 36.5 Å². The fourth-order valence-electron chi connectivity index (χ4n) is 4.81. The van der Waals surface area contributed by atoms with E-state index in [9.17, 15) is 28.3 Å². The number of β-amino-alcohol motifs (C(OH)–C–C–N with tert-alkyl or cyclic N) is 1. The Balaban J connectivity index is 1.32. The van der Waals surface area contributed by atoms with E-state index in [0.29, 0.717) is 36.2 Å². The molecular weight excluding hydrogens is 550 g/mol. The molecule has 2 heterocycles. The number of rotatable bonds is 10. The first-order chi connectivity index (χ1) is 20.0. The van der Waals surface area contributed by atoms with Crippen LogP contribution >= 0.6 is 0 Å². The lowest BCUT2D eigenvalue weighted by molar-refractivity contribution is -0.123. The van der Waals surface area contributed by atoms with E-state index < -0.39 is 29.2 Å². The fraction of sp³-hybridized carbons (Fsp3) is 0.379.